The first kappa shape index (κ1) is 34.6. The van der Waals surface area contributed by atoms with E-state index in [1.807, 2.05) is 0 Å². The van der Waals surface area contributed by atoms with Gasteiger partial charge in [-0.15, -0.1) is 0 Å². The van der Waals surface area contributed by atoms with Crippen molar-refractivity contribution in [2.45, 2.75) is 114 Å². The van der Waals surface area contributed by atoms with Gasteiger partial charge in [0, 0.05) is 34.7 Å². The second-order valence-corrected chi connectivity index (χ2v) is 11.5. The molecule has 2 aliphatic heterocycles. The minimum Gasteiger partial charge on any atom is -0.466 e. The van der Waals surface area contributed by atoms with Gasteiger partial charge in [-0.2, -0.15) is 0 Å². The van der Waals surface area contributed by atoms with E-state index in [1.165, 1.54) is 46.6 Å². The van der Waals surface area contributed by atoms with Crippen LogP contribution in [0, 0.1) is 0 Å². The summed E-state index contributed by atoms with van der Waals surface area (Å²) in [5, 5.41) is 42.0. The van der Waals surface area contributed by atoms with Gasteiger partial charge in [0.25, 0.3) is 0 Å². The third kappa shape index (κ3) is 8.41. The molecule has 16 heteroatoms. The smallest absolute Gasteiger partial charge is 0.220 e. The molecular weight excluding hydrogens is 570 g/mol. The number of nitrogens with two attached hydrogens (primary N) is 1. The normalized spacial score (nSPS) is 37.8. The van der Waals surface area contributed by atoms with Crippen molar-refractivity contribution < 1.29 is 53.4 Å². The van der Waals surface area contributed by atoms with Crippen molar-refractivity contribution in [1.29, 1.82) is 0 Å². The van der Waals surface area contributed by atoms with Crippen LogP contribution in [-0.4, -0.2) is 131 Å². The Morgan fingerprint density at radius 1 is 0.953 bits per heavy atom. The average molecular weight is 616 g/mol. The standard InChI is InChI=1S/C27H45N5O11/c1-12(33)29-17-8-7-16(10-28)41-25(17)42-22-18(30-13(2)34)9-19(31-14(3)35)23(20(22)37)43-26-21(38)24(32(6)15(4)36)27(5,39)11-40-26/h7,17-26,37-39H,8-11,28H2,1-6H3,(H,29,33)(H,30,34)(H,31,35)/t17-,18+,19-,20+,21-,22-,23+,24-,25-,26-,27+/m1/s1. The number of aliphatic hydroxyl groups excluding tert-OH is 2. The van der Waals surface area contributed by atoms with Crippen molar-refractivity contribution in [3.05, 3.63) is 11.8 Å². The lowest BCUT2D eigenvalue weighted by Gasteiger charge is -2.50. The van der Waals surface area contributed by atoms with E-state index >= 15 is 0 Å². The minimum atomic E-state index is -1.63. The third-order valence-corrected chi connectivity index (χ3v) is 7.81. The van der Waals surface area contributed by atoms with Crippen molar-refractivity contribution >= 4 is 23.6 Å². The molecule has 0 radical (unpaired) electrons. The maximum absolute atomic E-state index is 12.2. The molecule has 244 valence electrons. The first-order valence-corrected chi connectivity index (χ1v) is 14.2. The fourth-order valence-electron chi connectivity index (χ4n) is 5.87. The Balaban J connectivity index is 1.94. The zero-order chi connectivity index (χ0) is 32.2. The molecule has 1 saturated carbocycles. The van der Waals surface area contributed by atoms with E-state index in [0.717, 1.165) is 0 Å². The number of nitrogens with zero attached hydrogens (tertiary/aromatic N) is 1. The topological polar surface area (TPSA) is 231 Å². The minimum absolute atomic E-state index is 0.0277. The number of amides is 4. The van der Waals surface area contributed by atoms with Crippen molar-refractivity contribution in [3.8, 4) is 0 Å². The van der Waals surface area contributed by atoms with Crippen LogP contribution in [0.15, 0.2) is 11.8 Å². The van der Waals surface area contributed by atoms with E-state index in [2.05, 4.69) is 16.0 Å². The molecule has 0 spiro atoms. The molecule has 2 heterocycles. The number of carbonyl (C=O) groups excluding carboxylic acids is 4. The number of likely N-dealkylation sites (N-methyl/N-ethyl adjacent to an activating group) is 1. The number of ether oxygens (including phenoxy) is 4. The molecular formula is C27H45N5O11. The SMILES string of the molecule is CC(=O)N[C@H]1C[C@@H](NC(C)=O)[C@H](O[C@H]2OC[C@](C)(O)[C@H](N(C)C(C)=O)[C@H]2O)[C@@H](O)[C@@H]1O[C@H]1OC(CN)=CC[C@H]1NC(C)=O. The monoisotopic (exact) mass is 615 g/mol. The highest BCUT2D eigenvalue weighted by Crippen LogP contribution is 2.34. The van der Waals surface area contributed by atoms with E-state index in [1.54, 1.807) is 6.08 Å². The Morgan fingerprint density at radius 3 is 1.95 bits per heavy atom. The summed E-state index contributed by atoms with van der Waals surface area (Å²) in [6.45, 7) is 6.32. The maximum atomic E-state index is 12.2. The van der Waals surface area contributed by atoms with Crippen LogP contribution in [-0.2, 0) is 38.1 Å². The second-order valence-electron chi connectivity index (χ2n) is 11.5. The molecule has 43 heavy (non-hydrogen) atoms. The molecule has 0 bridgehead atoms. The van der Waals surface area contributed by atoms with Gasteiger partial charge >= 0.3 is 0 Å². The highest BCUT2D eigenvalue weighted by Gasteiger charge is 2.54. The highest BCUT2D eigenvalue weighted by atomic mass is 16.7. The van der Waals surface area contributed by atoms with Crippen molar-refractivity contribution in [3.63, 3.8) is 0 Å². The Bertz CT molecular complexity index is 1070. The highest BCUT2D eigenvalue weighted by molar-refractivity contribution is 5.74. The van der Waals surface area contributed by atoms with Crippen molar-refractivity contribution in [1.82, 2.24) is 20.9 Å². The van der Waals surface area contributed by atoms with Gasteiger partial charge in [-0.05, 0) is 25.8 Å². The number of carbonyl (C=O) groups is 4. The lowest BCUT2D eigenvalue weighted by atomic mass is 9.82. The zero-order valence-corrected chi connectivity index (χ0v) is 25.3. The van der Waals surface area contributed by atoms with Crippen LogP contribution in [0.3, 0.4) is 0 Å². The summed E-state index contributed by atoms with van der Waals surface area (Å²) in [6.07, 6.45) is -6.06. The fourth-order valence-corrected chi connectivity index (χ4v) is 5.87. The summed E-state index contributed by atoms with van der Waals surface area (Å²) in [7, 11) is 1.42. The summed E-state index contributed by atoms with van der Waals surface area (Å²) in [5.41, 5.74) is 4.13. The van der Waals surface area contributed by atoms with Gasteiger partial charge in [0.15, 0.2) is 6.29 Å². The molecule has 1 aliphatic carbocycles. The number of rotatable bonds is 9. The largest absolute Gasteiger partial charge is 0.466 e. The Kier molecular flexibility index (Phi) is 11.5. The van der Waals surface area contributed by atoms with Crippen LogP contribution >= 0.6 is 0 Å². The van der Waals surface area contributed by atoms with Gasteiger partial charge in [-0.3, -0.25) is 19.2 Å². The van der Waals surface area contributed by atoms with E-state index in [9.17, 15) is 34.5 Å². The van der Waals surface area contributed by atoms with Crippen LogP contribution < -0.4 is 21.7 Å². The summed E-state index contributed by atoms with van der Waals surface area (Å²) in [4.78, 5) is 49.5. The third-order valence-electron chi connectivity index (χ3n) is 7.81. The molecule has 0 unspecified atom stereocenters. The average Bonchev–Trinajstić information content (AvgIpc) is 2.89. The quantitative estimate of drug-likeness (QED) is 0.137. The van der Waals surface area contributed by atoms with Crippen LogP contribution in [0.2, 0.25) is 0 Å². The Morgan fingerprint density at radius 2 is 1.47 bits per heavy atom. The molecule has 2 fully saturated rings. The molecule has 11 atom stereocenters. The first-order valence-electron chi connectivity index (χ1n) is 14.2. The summed E-state index contributed by atoms with van der Waals surface area (Å²) >= 11 is 0. The lowest BCUT2D eigenvalue weighted by molar-refractivity contribution is -0.311. The summed E-state index contributed by atoms with van der Waals surface area (Å²) < 4.78 is 23.9. The molecule has 3 rings (SSSR count). The summed E-state index contributed by atoms with van der Waals surface area (Å²) in [5.74, 6) is -1.24. The van der Waals surface area contributed by atoms with Gasteiger partial charge < -0.3 is 60.9 Å². The van der Waals surface area contributed by atoms with E-state index in [0.29, 0.717) is 12.2 Å². The molecule has 0 aromatic carbocycles. The number of aliphatic hydroxyl groups is 3. The van der Waals surface area contributed by atoms with Gasteiger partial charge in [-0.25, -0.2) is 0 Å². The molecule has 0 aromatic rings. The number of hydrogen-bond donors (Lipinski definition) is 7. The van der Waals surface area contributed by atoms with E-state index in [4.69, 9.17) is 24.7 Å². The predicted molar refractivity (Wildman–Crippen MR) is 148 cm³/mol. The lowest BCUT2D eigenvalue weighted by Crippen LogP contribution is -2.70. The Labute approximate surface area is 250 Å². The number of nitrogens with one attached hydrogen (secondary N) is 3. The predicted octanol–water partition coefficient (Wildman–Crippen LogP) is -3.06. The van der Waals surface area contributed by atoms with Gasteiger partial charge in [0.05, 0.1) is 37.3 Å². The molecule has 8 N–H and O–H groups in total. The first-order chi connectivity index (χ1) is 20.0. The second kappa shape index (κ2) is 14.3. The maximum Gasteiger partial charge on any atom is 0.220 e. The van der Waals surface area contributed by atoms with Crippen molar-refractivity contribution in [2.75, 3.05) is 20.2 Å². The molecule has 1 saturated heterocycles. The zero-order valence-electron chi connectivity index (χ0n) is 25.3. The van der Waals surface area contributed by atoms with Crippen LogP contribution in [0.4, 0.5) is 0 Å². The molecule has 0 aromatic heterocycles. The molecule has 3 aliphatic rings. The molecule has 16 nitrogen and oxygen atoms in total. The van der Waals surface area contributed by atoms with Gasteiger partial charge in [0.2, 0.25) is 29.9 Å². The number of hydrogen-bond acceptors (Lipinski definition) is 12. The molecule has 4 amide bonds. The van der Waals surface area contributed by atoms with Crippen LogP contribution in [0.5, 0.6) is 0 Å². The van der Waals surface area contributed by atoms with Crippen molar-refractivity contribution in [2.24, 2.45) is 5.73 Å². The Hall–Kier alpha value is -2.86. The van der Waals surface area contributed by atoms with Gasteiger partial charge in [0.1, 0.15) is 35.8 Å². The fraction of sp³-hybridized carbons (Fsp3) is 0.778. The summed E-state index contributed by atoms with van der Waals surface area (Å²) in [6, 6.07) is -3.53. The van der Waals surface area contributed by atoms with Crippen LogP contribution in [0.1, 0.15) is 47.5 Å². The van der Waals surface area contributed by atoms with Crippen LogP contribution in [0.25, 0.3) is 0 Å². The van der Waals surface area contributed by atoms with E-state index < -0.39 is 84.5 Å². The van der Waals surface area contributed by atoms with E-state index in [-0.39, 0.29) is 25.5 Å². The van der Waals surface area contributed by atoms with Gasteiger partial charge in [-0.1, -0.05) is 0 Å².